The fourth-order valence-corrected chi connectivity index (χ4v) is 3.24. The molecule has 1 atom stereocenters. The van der Waals surface area contributed by atoms with E-state index in [9.17, 15) is 0 Å². The van der Waals surface area contributed by atoms with Crippen molar-refractivity contribution in [3.8, 4) is 11.3 Å². The molecular formula is C23H27N. The standard InChI is InChI=1S/C23H27N/c1-6-16(2)19-8-7-9-21-20(19)14-15-24-22(21)17-10-12-18(13-11-17)23(3,4)5/h7-16H,6H2,1-5H3. The molecule has 0 saturated heterocycles. The van der Waals surface area contributed by atoms with Crippen molar-refractivity contribution in [3.05, 3.63) is 65.9 Å². The Kier molecular flexibility index (Phi) is 4.45. The molecule has 3 rings (SSSR count). The fraction of sp³-hybridized carbons (Fsp3) is 0.348. The summed E-state index contributed by atoms with van der Waals surface area (Å²) in [7, 11) is 0. The molecule has 1 nitrogen and oxygen atoms in total. The van der Waals surface area contributed by atoms with E-state index in [-0.39, 0.29) is 5.41 Å². The first-order chi connectivity index (χ1) is 11.4. The van der Waals surface area contributed by atoms with E-state index in [0.717, 1.165) is 12.1 Å². The third-order valence-electron chi connectivity index (χ3n) is 5.01. The van der Waals surface area contributed by atoms with Gasteiger partial charge in [-0.2, -0.15) is 0 Å². The van der Waals surface area contributed by atoms with E-state index in [2.05, 4.69) is 83.1 Å². The number of rotatable bonds is 3. The molecule has 1 unspecified atom stereocenters. The topological polar surface area (TPSA) is 12.9 Å². The minimum absolute atomic E-state index is 0.175. The monoisotopic (exact) mass is 317 g/mol. The van der Waals surface area contributed by atoms with Gasteiger partial charge in [0.05, 0.1) is 5.69 Å². The molecule has 24 heavy (non-hydrogen) atoms. The zero-order valence-corrected chi connectivity index (χ0v) is 15.4. The molecule has 0 aliphatic heterocycles. The molecule has 0 N–H and O–H groups in total. The van der Waals surface area contributed by atoms with Gasteiger partial charge in [0.15, 0.2) is 0 Å². The van der Waals surface area contributed by atoms with Crippen LogP contribution in [0.3, 0.4) is 0 Å². The highest BCUT2D eigenvalue weighted by molar-refractivity contribution is 5.96. The SMILES string of the molecule is CCC(C)c1cccc2c(-c3ccc(C(C)(C)C)cc3)nccc12. The molecule has 0 aliphatic rings. The summed E-state index contributed by atoms with van der Waals surface area (Å²) in [6.07, 6.45) is 3.10. The highest BCUT2D eigenvalue weighted by Crippen LogP contribution is 2.33. The smallest absolute Gasteiger partial charge is 0.0780 e. The van der Waals surface area contributed by atoms with Crippen molar-refractivity contribution in [1.29, 1.82) is 0 Å². The zero-order valence-electron chi connectivity index (χ0n) is 15.4. The van der Waals surface area contributed by atoms with Crippen LogP contribution in [0.4, 0.5) is 0 Å². The average molecular weight is 317 g/mol. The van der Waals surface area contributed by atoms with Gasteiger partial charge >= 0.3 is 0 Å². The molecule has 0 bridgehead atoms. The van der Waals surface area contributed by atoms with Crippen LogP contribution in [0.25, 0.3) is 22.0 Å². The maximum absolute atomic E-state index is 4.70. The van der Waals surface area contributed by atoms with E-state index in [4.69, 9.17) is 4.98 Å². The Morgan fingerprint density at radius 1 is 0.917 bits per heavy atom. The van der Waals surface area contributed by atoms with Crippen LogP contribution in [0.15, 0.2) is 54.7 Å². The van der Waals surface area contributed by atoms with Gasteiger partial charge in [0.1, 0.15) is 0 Å². The highest BCUT2D eigenvalue weighted by atomic mass is 14.7. The Labute approximate surface area is 145 Å². The summed E-state index contributed by atoms with van der Waals surface area (Å²) in [5, 5.41) is 2.58. The third kappa shape index (κ3) is 3.08. The van der Waals surface area contributed by atoms with Crippen molar-refractivity contribution < 1.29 is 0 Å². The average Bonchev–Trinajstić information content (AvgIpc) is 2.59. The number of aromatic nitrogens is 1. The molecule has 1 heteroatoms. The van der Waals surface area contributed by atoms with E-state index in [1.54, 1.807) is 0 Å². The molecule has 1 aromatic heterocycles. The fourth-order valence-electron chi connectivity index (χ4n) is 3.24. The first-order valence-corrected chi connectivity index (χ1v) is 8.90. The summed E-state index contributed by atoms with van der Waals surface area (Å²) >= 11 is 0. The quantitative estimate of drug-likeness (QED) is 0.523. The number of benzene rings is 2. The van der Waals surface area contributed by atoms with Crippen LogP contribution < -0.4 is 0 Å². The lowest BCUT2D eigenvalue weighted by Gasteiger charge is -2.19. The second-order valence-corrected chi connectivity index (χ2v) is 7.74. The number of nitrogens with zero attached hydrogens (tertiary/aromatic N) is 1. The summed E-state index contributed by atoms with van der Waals surface area (Å²) in [6.45, 7) is 11.3. The van der Waals surface area contributed by atoms with Crippen molar-refractivity contribution in [2.75, 3.05) is 0 Å². The molecule has 0 fully saturated rings. The van der Waals surface area contributed by atoms with Crippen molar-refractivity contribution in [2.45, 2.75) is 52.4 Å². The second kappa shape index (κ2) is 6.39. The van der Waals surface area contributed by atoms with Gasteiger partial charge in [-0.1, -0.05) is 77.1 Å². The first-order valence-electron chi connectivity index (χ1n) is 8.90. The van der Waals surface area contributed by atoms with Crippen LogP contribution >= 0.6 is 0 Å². The summed E-state index contributed by atoms with van der Waals surface area (Å²) in [6, 6.07) is 17.6. The Morgan fingerprint density at radius 3 is 2.25 bits per heavy atom. The molecule has 0 radical (unpaired) electrons. The van der Waals surface area contributed by atoms with E-state index in [1.165, 1.54) is 27.5 Å². The second-order valence-electron chi connectivity index (χ2n) is 7.74. The normalized spacial score (nSPS) is 13.2. The minimum Gasteiger partial charge on any atom is -0.256 e. The lowest BCUT2D eigenvalue weighted by atomic mass is 9.86. The highest BCUT2D eigenvalue weighted by Gasteiger charge is 2.15. The van der Waals surface area contributed by atoms with Crippen molar-refractivity contribution in [2.24, 2.45) is 0 Å². The maximum Gasteiger partial charge on any atom is 0.0780 e. The van der Waals surface area contributed by atoms with Gasteiger partial charge in [-0.05, 0) is 40.3 Å². The Bertz CT molecular complexity index is 838. The van der Waals surface area contributed by atoms with Crippen LogP contribution in [-0.4, -0.2) is 4.98 Å². The van der Waals surface area contributed by atoms with Crippen LogP contribution in [0.2, 0.25) is 0 Å². The zero-order chi connectivity index (χ0) is 17.3. The lowest BCUT2D eigenvalue weighted by Crippen LogP contribution is -2.10. The van der Waals surface area contributed by atoms with Gasteiger partial charge in [-0.15, -0.1) is 0 Å². The van der Waals surface area contributed by atoms with Gasteiger partial charge in [-0.3, -0.25) is 4.98 Å². The Morgan fingerprint density at radius 2 is 1.62 bits per heavy atom. The molecular weight excluding hydrogens is 290 g/mol. The Hall–Kier alpha value is -2.15. The van der Waals surface area contributed by atoms with Crippen LogP contribution in [-0.2, 0) is 5.41 Å². The minimum atomic E-state index is 0.175. The van der Waals surface area contributed by atoms with Crippen LogP contribution in [0.1, 0.15) is 58.1 Å². The van der Waals surface area contributed by atoms with Gasteiger partial charge in [0, 0.05) is 17.1 Å². The predicted octanol–water partition coefficient (Wildman–Crippen LogP) is 6.71. The number of hydrogen-bond acceptors (Lipinski definition) is 1. The summed E-state index contributed by atoms with van der Waals surface area (Å²) in [5.41, 5.74) is 5.22. The molecule has 124 valence electrons. The largest absolute Gasteiger partial charge is 0.256 e. The number of pyridine rings is 1. The van der Waals surface area contributed by atoms with E-state index >= 15 is 0 Å². The van der Waals surface area contributed by atoms with Crippen molar-refractivity contribution in [3.63, 3.8) is 0 Å². The molecule has 0 aliphatic carbocycles. The van der Waals surface area contributed by atoms with Gasteiger partial charge < -0.3 is 0 Å². The maximum atomic E-state index is 4.70. The lowest BCUT2D eigenvalue weighted by molar-refractivity contribution is 0.590. The van der Waals surface area contributed by atoms with Crippen LogP contribution in [0.5, 0.6) is 0 Å². The first kappa shape index (κ1) is 16.7. The summed E-state index contributed by atoms with van der Waals surface area (Å²) < 4.78 is 0. The number of hydrogen-bond donors (Lipinski definition) is 0. The Balaban J connectivity index is 2.14. The number of fused-ring (bicyclic) bond motifs is 1. The van der Waals surface area contributed by atoms with Gasteiger partial charge in [0.25, 0.3) is 0 Å². The predicted molar refractivity (Wildman–Crippen MR) is 105 cm³/mol. The molecule has 1 heterocycles. The van der Waals surface area contributed by atoms with Gasteiger partial charge in [0.2, 0.25) is 0 Å². The van der Waals surface area contributed by atoms with Crippen LogP contribution in [0, 0.1) is 0 Å². The molecule has 2 aromatic carbocycles. The van der Waals surface area contributed by atoms with E-state index < -0.39 is 0 Å². The van der Waals surface area contributed by atoms with E-state index in [0.29, 0.717) is 5.92 Å². The summed E-state index contributed by atoms with van der Waals surface area (Å²) in [5.74, 6) is 0.562. The summed E-state index contributed by atoms with van der Waals surface area (Å²) in [4.78, 5) is 4.70. The third-order valence-corrected chi connectivity index (χ3v) is 5.01. The van der Waals surface area contributed by atoms with Crippen molar-refractivity contribution >= 4 is 10.8 Å². The molecule has 0 saturated carbocycles. The molecule has 3 aromatic rings. The molecule has 0 spiro atoms. The van der Waals surface area contributed by atoms with Gasteiger partial charge in [-0.25, -0.2) is 0 Å². The van der Waals surface area contributed by atoms with Crippen molar-refractivity contribution in [1.82, 2.24) is 4.98 Å². The van der Waals surface area contributed by atoms with E-state index in [1.807, 2.05) is 6.20 Å². The molecule has 0 amide bonds.